The van der Waals surface area contributed by atoms with Crippen LogP contribution >= 0.6 is 0 Å². The van der Waals surface area contributed by atoms with Crippen molar-refractivity contribution in [2.24, 2.45) is 5.92 Å². The maximum absolute atomic E-state index is 3.70. The van der Waals surface area contributed by atoms with E-state index in [0.717, 1.165) is 12.0 Å². The average molecular weight is 198 g/mol. The lowest BCUT2D eigenvalue weighted by Crippen LogP contribution is -2.39. The van der Waals surface area contributed by atoms with E-state index in [4.69, 9.17) is 0 Å². The Labute approximate surface area is 88.8 Å². The number of piperidine rings is 1. The number of rotatable bonds is 6. The predicted octanol–water partition coefficient (Wildman–Crippen LogP) is 2.15. The smallest absolute Gasteiger partial charge is 0.00644 e. The summed E-state index contributed by atoms with van der Waals surface area (Å²) in [5.41, 5.74) is 0. The molecule has 1 rings (SSSR count). The zero-order valence-corrected chi connectivity index (χ0v) is 9.81. The van der Waals surface area contributed by atoms with Crippen LogP contribution in [0.25, 0.3) is 0 Å². The molecule has 1 saturated heterocycles. The van der Waals surface area contributed by atoms with E-state index >= 15 is 0 Å². The van der Waals surface area contributed by atoms with E-state index in [2.05, 4.69) is 24.5 Å². The Morgan fingerprint density at radius 3 is 2.86 bits per heavy atom. The average Bonchev–Trinajstić information content (AvgIpc) is 2.25. The molecule has 2 atom stereocenters. The topological polar surface area (TPSA) is 24.1 Å². The van der Waals surface area contributed by atoms with Crippen LogP contribution < -0.4 is 10.6 Å². The third kappa shape index (κ3) is 4.43. The van der Waals surface area contributed by atoms with Gasteiger partial charge in [-0.05, 0) is 51.2 Å². The van der Waals surface area contributed by atoms with Crippen molar-refractivity contribution in [2.45, 2.75) is 52.0 Å². The van der Waals surface area contributed by atoms with Gasteiger partial charge in [-0.1, -0.05) is 20.3 Å². The fourth-order valence-electron chi connectivity index (χ4n) is 2.23. The van der Waals surface area contributed by atoms with Gasteiger partial charge in [-0.15, -0.1) is 0 Å². The van der Waals surface area contributed by atoms with Gasteiger partial charge >= 0.3 is 0 Å². The zero-order chi connectivity index (χ0) is 10.2. The molecule has 0 amide bonds. The number of hydrogen-bond donors (Lipinski definition) is 2. The van der Waals surface area contributed by atoms with Crippen LogP contribution in [0.3, 0.4) is 0 Å². The molecule has 0 aromatic carbocycles. The third-order valence-corrected chi connectivity index (χ3v) is 3.22. The van der Waals surface area contributed by atoms with Crippen molar-refractivity contribution < 1.29 is 0 Å². The summed E-state index contributed by atoms with van der Waals surface area (Å²) in [5.74, 6) is 0.870. The summed E-state index contributed by atoms with van der Waals surface area (Å²) < 4.78 is 0. The first kappa shape index (κ1) is 12.0. The van der Waals surface area contributed by atoms with E-state index in [1.165, 1.54) is 51.7 Å². The SMILES string of the molecule is CCCC(CC)NCC1CCCNC1. The molecule has 0 radical (unpaired) electrons. The van der Waals surface area contributed by atoms with Crippen LogP contribution in [0.5, 0.6) is 0 Å². The second-order valence-electron chi connectivity index (χ2n) is 4.51. The standard InChI is InChI=1S/C12H26N2/c1-3-6-12(4-2)14-10-11-7-5-8-13-9-11/h11-14H,3-10H2,1-2H3. The van der Waals surface area contributed by atoms with E-state index in [9.17, 15) is 0 Å². The first-order valence-corrected chi connectivity index (χ1v) is 6.30. The van der Waals surface area contributed by atoms with E-state index in [-0.39, 0.29) is 0 Å². The van der Waals surface area contributed by atoms with Gasteiger partial charge in [0.1, 0.15) is 0 Å². The molecular formula is C12H26N2. The normalized spacial score (nSPS) is 24.9. The molecule has 2 N–H and O–H groups in total. The molecule has 0 aliphatic carbocycles. The van der Waals surface area contributed by atoms with Crippen molar-refractivity contribution in [1.29, 1.82) is 0 Å². The van der Waals surface area contributed by atoms with Crippen LogP contribution in [0.1, 0.15) is 46.0 Å². The van der Waals surface area contributed by atoms with Crippen LogP contribution in [0, 0.1) is 5.92 Å². The summed E-state index contributed by atoms with van der Waals surface area (Å²) >= 11 is 0. The van der Waals surface area contributed by atoms with Crippen molar-refractivity contribution in [3.63, 3.8) is 0 Å². The Balaban J connectivity index is 2.10. The van der Waals surface area contributed by atoms with Crippen LogP contribution in [-0.2, 0) is 0 Å². The molecule has 0 bridgehead atoms. The molecule has 1 aliphatic rings. The van der Waals surface area contributed by atoms with Crippen molar-refractivity contribution in [3.8, 4) is 0 Å². The van der Waals surface area contributed by atoms with Gasteiger partial charge in [0, 0.05) is 6.04 Å². The second-order valence-corrected chi connectivity index (χ2v) is 4.51. The summed E-state index contributed by atoms with van der Waals surface area (Å²) in [6.45, 7) is 8.21. The van der Waals surface area contributed by atoms with Crippen LogP contribution in [0.2, 0.25) is 0 Å². The Morgan fingerprint density at radius 2 is 2.29 bits per heavy atom. The number of nitrogens with one attached hydrogen (secondary N) is 2. The van der Waals surface area contributed by atoms with Gasteiger partial charge in [0.2, 0.25) is 0 Å². The second kappa shape index (κ2) is 7.24. The summed E-state index contributed by atoms with van der Waals surface area (Å²) in [7, 11) is 0. The zero-order valence-electron chi connectivity index (χ0n) is 9.81. The minimum atomic E-state index is 0.752. The monoisotopic (exact) mass is 198 g/mol. The van der Waals surface area contributed by atoms with Crippen molar-refractivity contribution in [1.82, 2.24) is 10.6 Å². The molecule has 0 aromatic rings. The molecule has 2 heteroatoms. The van der Waals surface area contributed by atoms with Crippen molar-refractivity contribution in [3.05, 3.63) is 0 Å². The van der Waals surface area contributed by atoms with Gasteiger partial charge in [0.15, 0.2) is 0 Å². The summed E-state index contributed by atoms with van der Waals surface area (Å²) in [6.07, 6.45) is 6.67. The van der Waals surface area contributed by atoms with Gasteiger partial charge in [0.25, 0.3) is 0 Å². The molecule has 1 heterocycles. The summed E-state index contributed by atoms with van der Waals surface area (Å²) in [4.78, 5) is 0. The van der Waals surface area contributed by atoms with E-state index in [1.807, 2.05) is 0 Å². The highest BCUT2D eigenvalue weighted by Gasteiger charge is 2.13. The van der Waals surface area contributed by atoms with Crippen LogP contribution in [0.4, 0.5) is 0 Å². The van der Waals surface area contributed by atoms with Crippen molar-refractivity contribution >= 4 is 0 Å². The van der Waals surface area contributed by atoms with Gasteiger partial charge < -0.3 is 10.6 Å². The Morgan fingerprint density at radius 1 is 1.43 bits per heavy atom. The maximum Gasteiger partial charge on any atom is 0.00644 e. The van der Waals surface area contributed by atoms with Gasteiger partial charge in [-0.3, -0.25) is 0 Å². The summed E-state index contributed by atoms with van der Waals surface area (Å²) in [5, 5.41) is 7.17. The minimum Gasteiger partial charge on any atom is -0.316 e. The van der Waals surface area contributed by atoms with Gasteiger partial charge in [-0.25, -0.2) is 0 Å². The largest absolute Gasteiger partial charge is 0.316 e. The van der Waals surface area contributed by atoms with E-state index in [0.29, 0.717) is 0 Å². The Hall–Kier alpha value is -0.0800. The molecule has 0 saturated carbocycles. The lowest BCUT2D eigenvalue weighted by atomic mass is 9.99. The Bertz CT molecular complexity index is 126. The molecule has 2 nitrogen and oxygen atoms in total. The first-order valence-electron chi connectivity index (χ1n) is 6.30. The van der Waals surface area contributed by atoms with E-state index < -0.39 is 0 Å². The van der Waals surface area contributed by atoms with Crippen LogP contribution in [-0.4, -0.2) is 25.7 Å². The van der Waals surface area contributed by atoms with E-state index in [1.54, 1.807) is 0 Å². The number of hydrogen-bond acceptors (Lipinski definition) is 2. The molecule has 0 spiro atoms. The molecule has 84 valence electrons. The molecular weight excluding hydrogens is 172 g/mol. The quantitative estimate of drug-likeness (QED) is 0.683. The van der Waals surface area contributed by atoms with Crippen LogP contribution in [0.15, 0.2) is 0 Å². The van der Waals surface area contributed by atoms with Gasteiger partial charge in [-0.2, -0.15) is 0 Å². The molecule has 1 aliphatic heterocycles. The predicted molar refractivity (Wildman–Crippen MR) is 62.6 cm³/mol. The minimum absolute atomic E-state index is 0.752. The molecule has 14 heavy (non-hydrogen) atoms. The lowest BCUT2D eigenvalue weighted by molar-refractivity contribution is 0.334. The third-order valence-electron chi connectivity index (χ3n) is 3.22. The highest BCUT2D eigenvalue weighted by atomic mass is 14.9. The highest BCUT2D eigenvalue weighted by Crippen LogP contribution is 2.09. The van der Waals surface area contributed by atoms with Crippen molar-refractivity contribution in [2.75, 3.05) is 19.6 Å². The fraction of sp³-hybridized carbons (Fsp3) is 1.00. The highest BCUT2D eigenvalue weighted by molar-refractivity contribution is 4.73. The molecule has 1 fully saturated rings. The molecule has 2 unspecified atom stereocenters. The maximum atomic E-state index is 3.70. The molecule has 0 aromatic heterocycles. The summed E-state index contributed by atoms with van der Waals surface area (Å²) in [6, 6.07) is 0.752. The Kier molecular flexibility index (Phi) is 6.20. The van der Waals surface area contributed by atoms with Gasteiger partial charge in [0.05, 0.1) is 0 Å². The first-order chi connectivity index (χ1) is 6.86. The lowest BCUT2D eigenvalue weighted by Gasteiger charge is -2.25. The fourth-order valence-corrected chi connectivity index (χ4v) is 2.23.